The number of aromatic nitrogens is 2. The molecule has 0 aliphatic heterocycles. The van der Waals surface area contributed by atoms with E-state index in [1.54, 1.807) is 43.3 Å². The van der Waals surface area contributed by atoms with Crippen LogP contribution in [0.15, 0.2) is 46.0 Å². The number of ether oxygens (including phenoxy) is 1. The molecule has 1 N–H and O–H groups in total. The average molecular weight is 493 g/mol. The minimum absolute atomic E-state index is 0.0444. The lowest BCUT2D eigenvalue weighted by atomic mass is 10.3. The summed E-state index contributed by atoms with van der Waals surface area (Å²) in [5, 5.41) is 12.5. The second-order valence-corrected chi connectivity index (χ2v) is 8.32. The fourth-order valence-corrected chi connectivity index (χ4v) is 3.52. The van der Waals surface area contributed by atoms with E-state index in [0.717, 1.165) is 11.8 Å². The van der Waals surface area contributed by atoms with Gasteiger partial charge in [0.2, 0.25) is 5.91 Å². The third kappa shape index (κ3) is 6.17. The second-order valence-electron chi connectivity index (χ2n) is 5.70. The molecule has 11 heteroatoms. The van der Waals surface area contributed by atoms with E-state index in [9.17, 15) is 4.79 Å². The lowest BCUT2D eigenvalue weighted by Crippen LogP contribution is -2.14. The van der Waals surface area contributed by atoms with Gasteiger partial charge in [-0.15, -0.1) is 10.2 Å². The molecule has 0 fully saturated rings. The van der Waals surface area contributed by atoms with Crippen LogP contribution in [0.1, 0.15) is 18.9 Å². The van der Waals surface area contributed by atoms with Crippen LogP contribution in [0.25, 0.3) is 0 Å². The number of hydrogen-bond acceptors (Lipinski definition) is 6. The molecule has 0 spiro atoms. The van der Waals surface area contributed by atoms with Crippen molar-refractivity contribution in [2.75, 3.05) is 11.1 Å². The highest BCUT2D eigenvalue weighted by Crippen LogP contribution is 2.31. The predicted molar refractivity (Wildman–Crippen MR) is 116 cm³/mol. The Morgan fingerprint density at radius 2 is 1.83 bits per heavy atom. The molecule has 3 rings (SSSR count). The second kappa shape index (κ2) is 9.91. The summed E-state index contributed by atoms with van der Waals surface area (Å²) < 4.78 is 11.3. The summed E-state index contributed by atoms with van der Waals surface area (Å²) >= 11 is 25.0. The Balaban J connectivity index is 1.55. The van der Waals surface area contributed by atoms with Gasteiger partial charge in [-0.3, -0.25) is 4.79 Å². The zero-order valence-corrected chi connectivity index (χ0v) is 18.6. The zero-order valence-electron chi connectivity index (χ0n) is 14.8. The number of amides is 1. The highest BCUT2D eigenvalue weighted by atomic mass is 35.5. The summed E-state index contributed by atoms with van der Waals surface area (Å²) in [4.78, 5) is 12.1. The Hall–Kier alpha value is -1.64. The third-order valence-electron chi connectivity index (χ3n) is 3.50. The first-order valence-corrected chi connectivity index (χ1v) is 10.6. The first-order valence-electron chi connectivity index (χ1n) is 8.14. The Morgan fingerprint density at radius 1 is 1.10 bits per heavy atom. The zero-order chi connectivity index (χ0) is 21.0. The lowest BCUT2D eigenvalue weighted by molar-refractivity contribution is -0.113. The molecule has 1 amide bonds. The van der Waals surface area contributed by atoms with Gasteiger partial charge in [0.15, 0.2) is 6.10 Å². The first kappa shape index (κ1) is 22.1. The van der Waals surface area contributed by atoms with Crippen molar-refractivity contribution in [2.45, 2.75) is 18.3 Å². The van der Waals surface area contributed by atoms with Crippen LogP contribution in [0.5, 0.6) is 5.75 Å². The van der Waals surface area contributed by atoms with Crippen molar-refractivity contribution in [3.8, 4) is 5.75 Å². The number of nitrogens with zero attached hydrogens (tertiary/aromatic N) is 2. The number of anilines is 1. The van der Waals surface area contributed by atoms with Crippen molar-refractivity contribution in [1.29, 1.82) is 0 Å². The molecule has 6 nitrogen and oxygen atoms in total. The smallest absolute Gasteiger partial charge is 0.277 e. The van der Waals surface area contributed by atoms with Gasteiger partial charge in [0.25, 0.3) is 11.1 Å². The van der Waals surface area contributed by atoms with E-state index in [1.807, 2.05) is 0 Å². The molecular weight excluding hydrogens is 480 g/mol. The van der Waals surface area contributed by atoms with Crippen molar-refractivity contribution < 1.29 is 13.9 Å². The standard InChI is InChI=1S/C18H13Cl4N3O3S/c1-9(27-15-5-3-10(19)6-13(15)22)17-24-25-18(28-17)29-8-16(26)23-14-7-11(20)2-4-12(14)21/h2-7,9H,8H2,1H3,(H,23,26)/t9-/m1/s1. The summed E-state index contributed by atoms with van der Waals surface area (Å²) in [6, 6.07) is 9.69. The first-order chi connectivity index (χ1) is 13.8. The normalized spacial score (nSPS) is 11.9. The third-order valence-corrected chi connectivity index (χ3v) is 5.41. The molecule has 2 aromatic carbocycles. The number of thioether (sulfide) groups is 1. The van der Waals surface area contributed by atoms with Crippen LogP contribution in [-0.4, -0.2) is 21.9 Å². The maximum absolute atomic E-state index is 12.1. The predicted octanol–water partition coefficient (Wildman–Crippen LogP) is 6.55. The van der Waals surface area contributed by atoms with Gasteiger partial charge in [0.1, 0.15) is 5.75 Å². The summed E-state index contributed by atoms with van der Waals surface area (Å²) in [5.74, 6) is 0.435. The monoisotopic (exact) mass is 491 g/mol. The van der Waals surface area contributed by atoms with E-state index in [0.29, 0.717) is 31.5 Å². The Morgan fingerprint density at radius 3 is 2.59 bits per heavy atom. The molecule has 0 radical (unpaired) electrons. The van der Waals surface area contributed by atoms with Crippen LogP contribution in [0.2, 0.25) is 20.1 Å². The van der Waals surface area contributed by atoms with Crippen LogP contribution < -0.4 is 10.1 Å². The number of halogens is 4. The van der Waals surface area contributed by atoms with E-state index in [1.165, 1.54) is 0 Å². The molecule has 1 aromatic heterocycles. The molecule has 0 bridgehead atoms. The molecule has 0 aliphatic carbocycles. The van der Waals surface area contributed by atoms with Crippen LogP contribution in [0, 0.1) is 0 Å². The van der Waals surface area contributed by atoms with E-state index in [2.05, 4.69) is 15.5 Å². The summed E-state index contributed by atoms with van der Waals surface area (Å²) in [5.41, 5.74) is 0.429. The van der Waals surface area contributed by atoms with Crippen LogP contribution in [0.4, 0.5) is 5.69 Å². The summed E-state index contributed by atoms with van der Waals surface area (Å²) in [7, 11) is 0. The van der Waals surface area contributed by atoms with Gasteiger partial charge >= 0.3 is 0 Å². The maximum atomic E-state index is 12.1. The molecule has 1 atom stereocenters. The minimum atomic E-state index is -0.547. The molecule has 0 saturated heterocycles. The summed E-state index contributed by atoms with van der Waals surface area (Å²) in [6.45, 7) is 1.74. The van der Waals surface area contributed by atoms with E-state index >= 15 is 0 Å². The van der Waals surface area contributed by atoms with Crippen molar-refractivity contribution in [3.63, 3.8) is 0 Å². The van der Waals surface area contributed by atoms with Crippen molar-refractivity contribution in [3.05, 3.63) is 62.4 Å². The van der Waals surface area contributed by atoms with Crippen molar-refractivity contribution >= 4 is 69.8 Å². The molecule has 0 unspecified atom stereocenters. The van der Waals surface area contributed by atoms with Crippen LogP contribution in [-0.2, 0) is 4.79 Å². The van der Waals surface area contributed by atoms with Gasteiger partial charge in [-0.25, -0.2) is 0 Å². The number of benzene rings is 2. The average Bonchev–Trinajstić information content (AvgIpc) is 3.14. The lowest BCUT2D eigenvalue weighted by Gasteiger charge is -2.12. The van der Waals surface area contributed by atoms with Gasteiger partial charge in [0.05, 0.1) is 21.5 Å². The number of rotatable bonds is 7. The van der Waals surface area contributed by atoms with Crippen LogP contribution in [0.3, 0.4) is 0 Å². The summed E-state index contributed by atoms with van der Waals surface area (Å²) in [6.07, 6.45) is -0.547. The molecule has 29 heavy (non-hydrogen) atoms. The van der Waals surface area contributed by atoms with Crippen molar-refractivity contribution in [1.82, 2.24) is 10.2 Å². The van der Waals surface area contributed by atoms with E-state index in [4.69, 9.17) is 55.6 Å². The number of hydrogen-bond donors (Lipinski definition) is 1. The molecule has 0 saturated carbocycles. The van der Waals surface area contributed by atoms with Gasteiger partial charge in [-0.1, -0.05) is 58.2 Å². The molecular formula is C18H13Cl4N3O3S. The van der Waals surface area contributed by atoms with Gasteiger partial charge in [0, 0.05) is 10.0 Å². The number of carbonyl (C=O) groups is 1. The molecule has 152 valence electrons. The molecule has 3 aromatic rings. The number of carbonyl (C=O) groups excluding carboxylic acids is 1. The largest absolute Gasteiger partial charge is 0.479 e. The molecule has 0 aliphatic rings. The van der Waals surface area contributed by atoms with Gasteiger partial charge in [-0.05, 0) is 43.3 Å². The highest BCUT2D eigenvalue weighted by Gasteiger charge is 2.18. The Bertz CT molecular complexity index is 1030. The SMILES string of the molecule is C[C@@H](Oc1ccc(Cl)cc1Cl)c1nnc(SCC(=O)Nc2cc(Cl)ccc2Cl)o1. The van der Waals surface area contributed by atoms with Crippen molar-refractivity contribution in [2.24, 2.45) is 0 Å². The quantitative estimate of drug-likeness (QED) is 0.376. The number of nitrogens with one attached hydrogen (secondary N) is 1. The Labute approximate surface area is 190 Å². The topological polar surface area (TPSA) is 77.2 Å². The fraction of sp³-hybridized carbons (Fsp3) is 0.167. The highest BCUT2D eigenvalue weighted by molar-refractivity contribution is 7.99. The van der Waals surface area contributed by atoms with Gasteiger partial charge in [-0.2, -0.15) is 0 Å². The van der Waals surface area contributed by atoms with Gasteiger partial charge < -0.3 is 14.5 Å². The molecule has 1 heterocycles. The Kier molecular flexibility index (Phi) is 7.54. The van der Waals surface area contributed by atoms with E-state index in [-0.39, 0.29) is 22.8 Å². The van der Waals surface area contributed by atoms with Crippen LogP contribution >= 0.6 is 58.2 Å². The van der Waals surface area contributed by atoms with E-state index < -0.39 is 6.10 Å². The fourth-order valence-electron chi connectivity index (χ4n) is 2.16. The maximum Gasteiger partial charge on any atom is 0.277 e. The minimum Gasteiger partial charge on any atom is -0.479 e.